The van der Waals surface area contributed by atoms with Gasteiger partial charge in [0, 0.05) is 36.1 Å². The van der Waals surface area contributed by atoms with Crippen LogP contribution in [0.3, 0.4) is 0 Å². The molecule has 8 heteroatoms. The fourth-order valence-corrected chi connectivity index (χ4v) is 5.80. The molecule has 0 amide bonds. The Hall–Kier alpha value is -2.84. The predicted molar refractivity (Wildman–Crippen MR) is 123 cm³/mol. The van der Waals surface area contributed by atoms with Gasteiger partial charge in [0.2, 0.25) is 10.0 Å². The van der Waals surface area contributed by atoms with E-state index < -0.39 is 10.0 Å². The minimum Gasteiger partial charge on any atom is -0.497 e. The van der Waals surface area contributed by atoms with Gasteiger partial charge in [0.15, 0.2) is 0 Å². The van der Waals surface area contributed by atoms with Gasteiger partial charge in [-0.15, -0.1) is 0 Å². The van der Waals surface area contributed by atoms with Crippen LogP contribution in [0.2, 0.25) is 0 Å². The first-order chi connectivity index (χ1) is 15.3. The molecular weight excluding hydrogens is 428 g/mol. The molecule has 1 saturated heterocycles. The number of fused-ring (bicyclic) bond motifs is 1. The Morgan fingerprint density at radius 2 is 1.84 bits per heavy atom. The maximum atomic E-state index is 13.2. The Morgan fingerprint density at radius 3 is 2.50 bits per heavy atom. The number of rotatable bonds is 8. The molecule has 4 rings (SSSR count). The summed E-state index contributed by atoms with van der Waals surface area (Å²) >= 11 is 0. The second kappa shape index (κ2) is 8.96. The molecule has 0 spiro atoms. The van der Waals surface area contributed by atoms with Gasteiger partial charge in [-0.25, -0.2) is 8.42 Å². The molecule has 2 aromatic carbocycles. The monoisotopic (exact) mass is 456 g/mol. The minimum atomic E-state index is -3.60. The summed E-state index contributed by atoms with van der Waals surface area (Å²) < 4.78 is 40.9. The molecule has 1 unspecified atom stereocenters. The summed E-state index contributed by atoms with van der Waals surface area (Å²) in [7, 11) is -1.99. The number of aldehydes is 1. The van der Waals surface area contributed by atoms with E-state index in [0.717, 1.165) is 28.5 Å². The van der Waals surface area contributed by atoms with E-state index in [1.807, 2.05) is 42.8 Å². The van der Waals surface area contributed by atoms with E-state index in [-0.39, 0.29) is 23.5 Å². The highest BCUT2D eigenvalue weighted by molar-refractivity contribution is 7.89. The second-order valence-electron chi connectivity index (χ2n) is 8.27. The third-order valence-electron chi connectivity index (χ3n) is 5.81. The molecule has 1 aliphatic rings. The number of carbonyl (C=O) groups excluding carboxylic acids is 1. The number of hydrogen-bond donors (Lipinski definition) is 0. The summed E-state index contributed by atoms with van der Waals surface area (Å²) in [5.41, 5.74) is 1.98. The van der Waals surface area contributed by atoms with Gasteiger partial charge in [0.25, 0.3) is 0 Å². The number of methoxy groups -OCH3 is 1. The Morgan fingerprint density at radius 1 is 1.12 bits per heavy atom. The zero-order chi connectivity index (χ0) is 22.9. The normalized spacial score (nSPS) is 17.2. The van der Waals surface area contributed by atoms with Crippen LogP contribution in [0.5, 0.6) is 11.5 Å². The van der Waals surface area contributed by atoms with Crippen LogP contribution in [-0.4, -0.2) is 49.9 Å². The Bertz CT molecular complexity index is 1220. The van der Waals surface area contributed by atoms with Gasteiger partial charge in [0.05, 0.1) is 24.7 Å². The lowest BCUT2D eigenvalue weighted by atomic mass is 9.98. The molecular formula is C24H28N2O5S. The Kier molecular flexibility index (Phi) is 6.26. The summed E-state index contributed by atoms with van der Waals surface area (Å²) in [6.45, 7) is 4.95. The van der Waals surface area contributed by atoms with Crippen LogP contribution < -0.4 is 9.47 Å². The SMILES string of the molecule is COc1ccc2c(c1)c(C1CCN(S(=O)(=O)c3ccc(OC(C)C)cc3)C1)cn2CC=O. The number of hydrogen-bond acceptors (Lipinski definition) is 5. The predicted octanol–water partition coefficient (Wildman–Crippen LogP) is 3.81. The molecule has 3 aromatic rings. The maximum Gasteiger partial charge on any atom is 0.243 e. The van der Waals surface area contributed by atoms with E-state index in [9.17, 15) is 13.2 Å². The van der Waals surface area contributed by atoms with Crippen molar-refractivity contribution in [3.05, 3.63) is 54.2 Å². The van der Waals surface area contributed by atoms with Gasteiger partial charge in [-0.1, -0.05) is 0 Å². The molecule has 1 fully saturated rings. The third-order valence-corrected chi connectivity index (χ3v) is 7.69. The van der Waals surface area contributed by atoms with Crippen LogP contribution in [0.4, 0.5) is 0 Å². The first kappa shape index (κ1) is 22.4. The first-order valence-electron chi connectivity index (χ1n) is 10.7. The van der Waals surface area contributed by atoms with Crippen molar-refractivity contribution in [2.24, 2.45) is 0 Å². The Labute approximate surface area is 188 Å². The van der Waals surface area contributed by atoms with Gasteiger partial charge in [0.1, 0.15) is 17.8 Å². The largest absolute Gasteiger partial charge is 0.497 e. The highest BCUT2D eigenvalue weighted by Gasteiger charge is 2.34. The van der Waals surface area contributed by atoms with Crippen molar-refractivity contribution in [2.45, 2.75) is 43.7 Å². The maximum absolute atomic E-state index is 13.2. The zero-order valence-electron chi connectivity index (χ0n) is 18.5. The molecule has 0 aliphatic carbocycles. The molecule has 0 N–H and O–H groups in total. The molecule has 1 aliphatic heterocycles. The van der Waals surface area contributed by atoms with Crippen LogP contribution in [0.1, 0.15) is 31.7 Å². The van der Waals surface area contributed by atoms with Crippen LogP contribution in [0, 0.1) is 0 Å². The van der Waals surface area contributed by atoms with Gasteiger partial charge in [-0.05, 0) is 68.3 Å². The Balaban J connectivity index is 1.60. The topological polar surface area (TPSA) is 77.8 Å². The summed E-state index contributed by atoms with van der Waals surface area (Å²) in [4.78, 5) is 11.4. The first-order valence-corrected chi connectivity index (χ1v) is 12.1. The summed E-state index contributed by atoms with van der Waals surface area (Å²) in [6.07, 6.45) is 3.57. The second-order valence-corrected chi connectivity index (χ2v) is 10.2. The lowest BCUT2D eigenvalue weighted by molar-refractivity contribution is -0.108. The highest BCUT2D eigenvalue weighted by Crippen LogP contribution is 2.37. The van der Waals surface area contributed by atoms with Crippen molar-refractivity contribution in [2.75, 3.05) is 20.2 Å². The molecule has 2 heterocycles. The van der Waals surface area contributed by atoms with Crippen molar-refractivity contribution in [1.82, 2.24) is 8.87 Å². The fourth-order valence-electron chi connectivity index (χ4n) is 4.30. The van der Waals surface area contributed by atoms with Gasteiger partial charge in [-0.3, -0.25) is 0 Å². The van der Waals surface area contributed by atoms with Crippen molar-refractivity contribution in [1.29, 1.82) is 0 Å². The molecule has 1 aromatic heterocycles. The smallest absolute Gasteiger partial charge is 0.243 e. The van der Waals surface area contributed by atoms with Gasteiger partial charge >= 0.3 is 0 Å². The lowest BCUT2D eigenvalue weighted by Gasteiger charge is -2.17. The van der Waals surface area contributed by atoms with E-state index >= 15 is 0 Å². The molecule has 32 heavy (non-hydrogen) atoms. The highest BCUT2D eigenvalue weighted by atomic mass is 32.2. The molecule has 0 radical (unpaired) electrons. The van der Waals surface area contributed by atoms with Crippen molar-refractivity contribution in [3.8, 4) is 11.5 Å². The number of aromatic nitrogens is 1. The van der Waals surface area contributed by atoms with Gasteiger partial charge < -0.3 is 18.8 Å². The molecule has 0 bridgehead atoms. The van der Waals surface area contributed by atoms with E-state index in [1.54, 1.807) is 35.7 Å². The minimum absolute atomic E-state index is 0.0248. The quantitative estimate of drug-likeness (QED) is 0.482. The van der Waals surface area contributed by atoms with E-state index in [4.69, 9.17) is 9.47 Å². The number of ether oxygens (including phenoxy) is 2. The number of nitrogens with zero attached hydrogens (tertiary/aromatic N) is 2. The molecule has 1 atom stereocenters. The molecule has 7 nitrogen and oxygen atoms in total. The van der Waals surface area contributed by atoms with E-state index in [2.05, 4.69) is 0 Å². The van der Waals surface area contributed by atoms with Gasteiger partial charge in [-0.2, -0.15) is 4.31 Å². The zero-order valence-corrected chi connectivity index (χ0v) is 19.3. The number of benzene rings is 2. The fraction of sp³-hybridized carbons (Fsp3) is 0.375. The van der Waals surface area contributed by atoms with E-state index in [0.29, 0.717) is 25.3 Å². The molecule has 0 saturated carbocycles. The standard InChI is InChI=1S/C24H28N2O5S/c1-17(2)31-19-4-7-21(8-5-19)32(28,29)26-11-10-18(15-26)23-16-25(12-13-27)24-9-6-20(30-3)14-22(23)24/h4-9,13-14,16-18H,10-12,15H2,1-3H3. The average molecular weight is 457 g/mol. The summed E-state index contributed by atoms with van der Waals surface area (Å²) in [5, 5.41) is 0.991. The van der Waals surface area contributed by atoms with Crippen molar-refractivity contribution >= 4 is 27.2 Å². The van der Waals surface area contributed by atoms with Crippen LogP contribution >= 0.6 is 0 Å². The lowest BCUT2D eigenvalue weighted by Crippen LogP contribution is -2.28. The molecule has 170 valence electrons. The van der Waals surface area contributed by atoms with E-state index in [1.165, 1.54) is 0 Å². The summed E-state index contributed by atoms with van der Waals surface area (Å²) in [5.74, 6) is 1.42. The summed E-state index contributed by atoms with van der Waals surface area (Å²) in [6, 6.07) is 12.3. The van der Waals surface area contributed by atoms with Crippen LogP contribution in [0.15, 0.2) is 53.6 Å². The van der Waals surface area contributed by atoms with Crippen molar-refractivity contribution in [3.63, 3.8) is 0 Å². The third kappa shape index (κ3) is 4.25. The number of carbonyl (C=O) groups is 1. The van der Waals surface area contributed by atoms with Crippen LogP contribution in [0.25, 0.3) is 10.9 Å². The number of sulfonamides is 1. The van der Waals surface area contributed by atoms with Crippen molar-refractivity contribution < 1.29 is 22.7 Å². The average Bonchev–Trinajstić information content (AvgIpc) is 3.39. The van der Waals surface area contributed by atoms with Crippen LogP contribution in [-0.2, 0) is 21.4 Å².